The number of nitrogens with one attached hydrogen (secondary N) is 1. The molecule has 92 heavy (non-hydrogen) atoms. The highest BCUT2D eigenvalue weighted by Crippen LogP contribution is 2.24. The lowest BCUT2D eigenvalue weighted by Gasteiger charge is -2.40. The average Bonchev–Trinajstić information content (AvgIpc) is 1.01. The van der Waals surface area contributed by atoms with Gasteiger partial charge >= 0.3 is 5.97 Å². The summed E-state index contributed by atoms with van der Waals surface area (Å²) < 4.78 is 16.8. The van der Waals surface area contributed by atoms with E-state index in [0.717, 1.165) is 57.8 Å². The Kier molecular flexibility index (Phi) is 67.1. The van der Waals surface area contributed by atoms with Gasteiger partial charge in [-0.25, -0.2) is 0 Å². The maximum absolute atomic E-state index is 13.0. The molecule has 1 heterocycles. The Morgan fingerprint density at radius 3 is 1.10 bits per heavy atom. The van der Waals surface area contributed by atoms with E-state index >= 15 is 0 Å². The Bertz CT molecular complexity index is 1620. The first-order valence-electron chi connectivity index (χ1n) is 40.3. The predicted octanol–water partition coefficient (Wildman–Crippen LogP) is 21.7. The molecule has 0 spiro atoms. The van der Waals surface area contributed by atoms with E-state index in [1.807, 2.05) is 6.08 Å². The number of hydrogen-bond donors (Lipinski definition) is 6. The molecule has 0 aromatic heterocycles. The van der Waals surface area contributed by atoms with E-state index in [1.165, 1.54) is 321 Å². The highest BCUT2D eigenvalue weighted by molar-refractivity contribution is 5.76. The zero-order chi connectivity index (χ0) is 66.5. The standard InChI is InChI=1S/C81H153NO10/c1-3-5-7-9-11-13-14-15-16-17-40-43-46-49-53-57-61-65-69-77(86)90-70-66-62-58-54-50-47-44-41-38-36-34-32-30-28-26-24-22-20-18-19-21-23-25-27-29-31-33-35-37-39-42-45-48-52-56-60-64-68-76(85)82-73(74(84)67-63-59-55-51-12-10-8-6-4-2)72-91-81-80(89)79(88)78(87)75(71-83)92-81/h18,20,24,26,63,67,73-75,78-81,83-84,87-89H,3-17,19,21-23,25,27-62,64-66,68-72H2,1-2H3,(H,82,85)/b20-18-,26-24-,67-63+. The first-order chi connectivity index (χ1) is 45.2. The lowest BCUT2D eigenvalue weighted by atomic mass is 9.99. The number of esters is 1. The van der Waals surface area contributed by atoms with Gasteiger partial charge in [0, 0.05) is 12.8 Å². The molecule has 0 bridgehead atoms. The minimum atomic E-state index is -1.57. The van der Waals surface area contributed by atoms with Crippen molar-refractivity contribution in [2.75, 3.05) is 19.8 Å². The Morgan fingerprint density at radius 2 is 0.728 bits per heavy atom. The third kappa shape index (κ3) is 58.1. The van der Waals surface area contributed by atoms with Crippen molar-refractivity contribution in [1.82, 2.24) is 5.32 Å². The number of rotatable bonds is 72. The fourth-order valence-electron chi connectivity index (χ4n) is 12.9. The van der Waals surface area contributed by atoms with Gasteiger partial charge in [0.2, 0.25) is 5.91 Å². The van der Waals surface area contributed by atoms with Gasteiger partial charge in [-0.1, -0.05) is 365 Å². The van der Waals surface area contributed by atoms with Crippen LogP contribution in [-0.4, -0.2) is 100 Å². The third-order valence-electron chi connectivity index (χ3n) is 19.2. The number of unbranched alkanes of at least 4 members (excludes halogenated alkanes) is 54. The van der Waals surface area contributed by atoms with Crippen LogP contribution in [0.4, 0.5) is 0 Å². The molecule has 1 amide bonds. The van der Waals surface area contributed by atoms with Crippen molar-refractivity contribution < 1.29 is 49.3 Å². The molecular weight excluding hydrogens is 1150 g/mol. The summed E-state index contributed by atoms with van der Waals surface area (Å²) in [7, 11) is 0. The van der Waals surface area contributed by atoms with Crippen LogP contribution in [0.1, 0.15) is 406 Å². The molecule has 11 heteroatoms. The number of carbonyl (C=O) groups excluding carboxylic acids is 2. The number of aliphatic hydroxyl groups excluding tert-OH is 5. The van der Waals surface area contributed by atoms with Crippen molar-refractivity contribution in [2.24, 2.45) is 0 Å². The normalized spacial score (nSPS) is 17.7. The van der Waals surface area contributed by atoms with Gasteiger partial charge in [-0.2, -0.15) is 0 Å². The summed E-state index contributed by atoms with van der Waals surface area (Å²) >= 11 is 0. The lowest BCUT2D eigenvalue weighted by molar-refractivity contribution is -0.302. The molecule has 0 aromatic carbocycles. The average molecular weight is 1300 g/mol. The maximum atomic E-state index is 13.0. The van der Waals surface area contributed by atoms with Gasteiger partial charge in [0.15, 0.2) is 6.29 Å². The molecule has 0 aromatic rings. The first-order valence-corrected chi connectivity index (χ1v) is 40.3. The number of aliphatic hydroxyl groups is 5. The molecule has 0 radical (unpaired) electrons. The number of allylic oxidation sites excluding steroid dienone is 5. The third-order valence-corrected chi connectivity index (χ3v) is 19.2. The molecule has 1 saturated heterocycles. The Morgan fingerprint density at radius 1 is 0.402 bits per heavy atom. The van der Waals surface area contributed by atoms with Crippen LogP contribution >= 0.6 is 0 Å². The van der Waals surface area contributed by atoms with Gasteiger partial charge in [-0.3, -0.25) is 9.59 Å². The van der Waals surface area contributed by atoms with Crippen molar-refractivity contribution in [3.05, 3.63) is 36.5 Å². The van der Waals surface area contributed by atoms with Gasteiger partial charge in [0.1, 0.15) is 24.4 Å². The van der Waals surface area contributed by atoms with Gasteiger partial charge < -0.3 is 45.1 Å². The number of amides is 1. The Hall–Kier alpha value is -2.12. The summed E-state index contributed by atoms with van der Waals surface area (Å²) in [6.45, 7) is 4.37. The molecule has 7 atom stereocenters. The van der Waals surface area contributed by atoms with Crippen molar-refractivity contribution in [3.63, 3.8) is 0 Å². The summed E-state index contributed by atoms with van der Waals surface area (Å²) in [6.07, 6.45) is 82.0. The van der Waals surface area contributed by atoms with Crippen LogP contribution in [0.15, 0.2) is 36.5 Å². The molecule has 7 unspecified atom stereocenters. The zero-order valence-corrected chi connectivity index (χ0v) is 60.5. The molecule has 1 aliphatic rings. The summed E-state index contributed by atoms with van der Waals surface area (Å²) in [5, 5.41) is 54.3. The fraction of sp³-hybridized carbons (Fsp3) is 0.901. The minimum absolute atomic E-state index is 0.0177. The zero-order valence-electron chi connectivity index (χ0n) is 60.5. The Balaban J connectivity index is 1.86. The summed E-state index contributed by atoms with van der Waals surface area (Å²) in [5.74, 6) is -0.162. The van der Waals surface area contributed by atoms with Crippen LogP contribution in [0.2, 0.25) is 0 Å². The smallest absolute Gasteiger partial charge is 0.305 e. The van der Waals surface area contributed by atoms with Crippen molar-refractivity contribution in [1.29, 1.82) is 0 Å². The van der Waals surface area contributed by atoms with Crippen LogP contribution in [0, 0.1) is 0 Å². The molecule has 1 fully saturated rings. The fourth-order valence-corrected chi connectivity index (χ4v) is 12.9. The highest BCUT2D eigenvalue weighted by atomic mass is 16.7. The minimum Gasteiger partial charge on any atom is -0.466 e. The van der Waals surface area contributed by atoms with Crippen LogP contribution < -0.4 is 5.32 Å². The van der Waals surface area contributed by atoms with Gasteiger partial charge in [0.05, 0.1) is 32.0 Å². The van der Waals surface area contributed by atoms with E-state index in [1.54, 1.807) is 6.08 Å². The van der Waals surface area contributed by atoms with Gasteiger partial charge in [-0.05, 0) is 64.2 Å². The quantitative estimate of drug-likeness (QED) is 0.0195. The number of ether oxygens (including phenoxy) is 3. The van der Waals surface area contributed by atoms with E-state index in [4.69, 9.17) is 14.2 Å². The van der Waals surface area contributed by atoms with Crippen LogP contribution in [-0.2, 0) is 23.8 Å². The first kappa shape index (κ1) is 87.9. The summed E-state index contributed by atoms with van der Waals surface area (Å²) in [5.41, 5.74) is 0. The molecule has 542 valence electrons. The van der Waals surface area contributed by atoms with Crippen LogP contribution in [0.3, 0.4) is 0 Å². The predicted molar refractivity (Wildman–Crippen MR) is 389 cm³/mol. The summed E-state index contributed by atoms with van der Waals surface area (Å²) in [6, 6.07) is -0.807. The number of carbonyl (C=O) groups is 2. The van der Waals surface area contributed by atoms with E-state index in [2.05, 4.69) is 43.5 Å². The van der Waals surface area contributed by atoms with E-state index in [9.17, 15) is 35.1 Å². The van der Waals surface area contributed by atoms with Crippen molar-refractivity contribution in [3.8, 4) is 0 Å². The largest absolute Gasteiger partial charge is 0.466 e. The topological polar surface area (TPSA) is 175 Å². The number of hydrogen-bond acceptors (Lipinski definition) is 10. The summed E-state index contributed by atoms with van der Waals surface area (Å²) in [4.78, 5) is 25.2. The molecule has 11 nitrogen and oxygen atoms in total. The Labute approximate surface area is 568 Å². The SMILES string of the molecule is CCCCCCCCC/C=C/C(O)C(COC1OC(CO)C(O)C(O)C1O)NC(=O)CCCCCCCCCCCCCCCCCCC/C=C\C/C=C\CCCCCCCCCCCCCCCOC(=O)CCCCCCCCCCCCCCCCCCCC. The van der Waals surface area contributed by atoms with Gasteiger partial charge in [0.25, 0.3) is 0 Å². The van der Waals surface area contributed by atoms with Crippen LogP contribution in [0.25, 0.3) is 0 Å². The van der Waals surface area contributed by atoms with Crippen molar-refractivity contribution >= 4 is 11.9 Å². The monoisotopic (exact) mass is 1300 g/mol. The van der Waals surface area contributed by atoms with Crippen LogP contribution in [0.5, 0.6) is 0 Å². The van der Waals surface area contributed by atoms with E-state index in [-0.39, 0.29) is 18.5 Å². The lowest BCUT2D eigenvalue weighted by Crippen LogP contribution is -2.60. The molecular formula is C81H153NO10. The molecule has 0 saturated carbocycles. The van der Waals surface area contributed by atoms with E-state index in [0.29, 0.717) is 19.4 Å². The highest BCUT2D eigenvalue weighted by Gasteiger charge is 2.44. The molecule has 6 N–H and O–H groups in total. The molecule has 1 rings (SSSR count). The second kappa shape index (κ2) is 70.2. The second-order valence-corrected chi connectivity index (χ2v) is 28.1. The van der Waals surface area contributed by atoms with E-state index < -0.39 is 49.5 Å². The van der Waals surface area contributed by atoms with Gasteiger partial charge in [-0.15, -0.1) is 0 Å². The molecule has 1 aliphatic heterocycles. The maximum Gasteiger partial charge on any atom is 0.305 e. The second-order valence-electron chi connectivity index (χ2n) is 28.1. The van der Waals surface area contributed by atoms with Crippen molar-refractivity contribution in [2.45, 2.75) is 448 Å². The molecule has 0 aliphatic carbocycles.